The molecule has 0 spiro atoms. The van der Waals surface area contributed by atoms with Gasteiger partial charge in [0.15, 0.2) is 11.9 Å². The number of nitrogens with one attached hydrogen (secondary N) is 3. The third-order valence-corrected chi connectivity index (χ3v) is 6.22. The molecule has 0 radical (unpaired) electrons. The predicted octanol–water partition coefficient (Wildman–Crippen LogP) is 3.07. The van der Waals surface area contributed by atoms with Gasteiger partial charge in [0.1, 0.15) is 17.3 Å². The normalized spacial score (nSPS) is 20.5. The Hall–Kier alpha value is -2.98. The molecule has 2 heterocycles. The van der Waals surface area contributed by atoms with Crippen LogP contribution < -0.4 is 20.7 Å². The van der Waals surface area contributed by atoms with Gasteiger partial charge in [-0.1, -0.05) is 25.2 Å². The van der Waals surface area contributed by atoms with E-state index in [4.69, 9.17) is 26.4 Å². The summed E-state index contributed by atoms with van der Waals surface area (Å²) in [6, 6.07) is 1.85. The summed E-state index contributed by atoms with van der Waals surface area (Å²) in [6.07, 6.45) is 6.07. The van der Waals surface area contributed by atoms with Crippen LogP contribution in [0.25, 0.3) is 0 Å². The number of halogens is 1. The quantitative estimate of drug-likeness (QED) is 0.419. The van der Waals surface area contributed by atoms with Gasteiger partial charge in [-0.3, -0.25) is 9.78 Å². The van der Waals surface area contributed by atoms with Crippen molar-refractivity contribution in [1.82, 2.24) is 20.9 Å². The summed E-state index contributed by atoms with van der Waals surface area (Å²) in [4.78, 5) is 17.1. The van der Waals surface area contributed by atoms with Crippen LogP contribution in [0, 0.1) is 5.92 Å². The number of carbonyl (C=O) groups excluding carboxylic acids is 1. The molecule has 0 bridgehead atoms. The highest BCUT2D eigenvalue weighted by atomic mass is 32.1. The molecule has 35 heavy (non-hydrogen) atoms. The fourth-order valence-electron chi connectivity index (χ4n) is 3.59. The van der Waals surface area contributed by atoms with Crippen molar-refractivity contribution in [1.29, 1.82) is 0 Å². The molecule has 0 aromatic carbocycles. The number of hydrogen-bond acceptors (Lipinski definition) is 7. The predicted molar refractivity (Wildman–Crippen MR) is 135 cm³/mol. The number of alkyl halides is 1. The number of ether oxygens (including phenoxy) is 3. The molecular weight excluding hydrogens is 471 g/mol. The molecule has 190 valence electrons. The molecule has 0 fully saturated rings. The molecule has 3 N–H and O–H groups in total. The number of pyridine rings is 1. The Morgan fingerprint density at radius 2 is 2.14 bits per heavy atom. The van der Waals surface area contributed by atoms with Crippen LogP contribution in [-0.2, 0) is 20.8 Å². The smallest absolute Gasteiger partial charge is 0.256 e. The maximum absolute atomic E-state index is 14.6. The van der Waals surface area contributed by atoms with Gasteiger partial charge in [-0.15, -0.1) is 0 Å². The number of methoxy groups -OCH3 is 2. The number of hydrogen-bond donors (Lipinski definition) is 3. The van der Waals surface area contributed by atoms with Crippen molar-refractivity contribution in [2.75, 3.05) is 27.4 Å². The Morgan fingerprint density at radius 3 is 2.86 bits per heavy atom. The minimum atomic E-state index is -1.30. The Kier molecular flexibility index (Phi) is 8.85. The van der Waals surface area contributed by atoms with Gasteiger partial charge in [0.05, 0.1) is 30.2 Å². The fraction of sp³-hybridized carbons (Fsp3) is 0.480. The van der Waals surface area contributed by atoms with E-state index in [1.807, 2.05) is 19.9 Å². The van der Waals surface area contributed by atoms with E-state index in [0.29, 0.717) is 48.8 Å². The summed E-state index contributed by atoms with van der Waals surface area (Å²) in [5, 5.41) is 9.17. The first kappa shape index (κ1) is 26.6. The van der Waals surface area contributed by atoms with Crippen LogP contribution in [0.15, 0.2) is 53.3 Å². The van der Waals surface area contributed by atoms with Crippen molar-refractivity contribution < 1.29 is 23.4 Å². The van der Waals surface area contributed by atoms with E-state index < -0.39 is 11.8 Å². The molecule has 1 aliphatic carbocycles. The lowest BCUT2D eigenvalue weighted by molar-refractivity contribution is -0.117. The fourth-order valence-corrected chi connectivity index (χ4v) is 3.92. The van der Waals surface area contributed by atoms with Crippen molar-refractivity contribution >= 4 is 23.1 Å². The lowest BCUT2D eigenvalue weighted by atomic mass is 9.97. The van der Waals surface area contributed by atoms with E-state index in [2.05, 4.69) is 20.9 Å². The zero-order valence-electron chi connectivity index (χ0n) is 20.7. The molecule has 3 rings (SSSR count). The summed E-state index contributed by atoms with van der Waals surface area (Å²) in [6.45, 7) is 6.86. The molecule has 1 aliphatic heterocycles. The van der Waals surface area contributed by atoms with Crippen molar-refractivity contribution in [3.05, 3.63) is 58.9 Å². The Labute approximate surface area is 211 Å². The highest BCUT2D eigenvalue weighted by Gasteiger charge is 2.29. The minimum absolute atomic E-state index is 0.159. The lowest BCUT2D eigenvalue weighted by Crippen LogP contribution is -2.41. The Bertz CT molecular complexity index is 1050. The van der Waals surface area contributed by atoms with E-state index in [1.165, 1.54) is 7.11 Å². The van der Waals surface area contributed by atoms with Gasteiger partial charge in [0.25, 0.3) is 5.91 Å². The monoisotopic (exact) mass is 504 g/mol. The second-order valence-corrected chi connectivity index (χ2v) is 9.41. The molecule has 0 saturated heterocycles. The first-order valence-corrected chi connectivity index (χ1v) is 11.9. The standard InChI is InChI=1S/C25H33FN4O4S/c1-15-6-7-18(22(32-4)21(15)26)30-24(35)20-17(9-11-28-23(20)31)29-12-16-8-10-27-13-19(16)34-14-25(2,3)33-5/h6-8,10,13,15,21,29H,9,11-12,14H2,1-5H3,(H,28,31)(H,30,35). The van der Waals surface area contributed by atoms with Gasteiger partial charge in [-0.05, 0) is 26.0 Å². The molecule has 2 aliphatic rings. The Balaban J connectivity index is 1.79. The molecule has 10 heteroatoms. The summed E-state index contributed by atoms with van der Waals surface area (Å²) in [5.74, 6) is 0.170. The SMILES string of the molecule is COC1=C(NC(=S)C2=C(NCc3ccncc3OCC(C)(C)OC)CCNC2=O)C=CC(C)C1F. The van der Waals surface area contributed by atoms with Crippen molar-refractivity contribution in [2.45, 2.75) is 45.5 Å². The second-order valence-electron chi connectivity index (χ2n) is 9.01. The van der Waals surface area contributed by atoms with E-state index in [-0.39, 0.29) is 22.6 Å². The van der Waals surface area contributed by atoms with Crippen molar-refractivity contribution in [2.24, 2.45) is 5.92 Å². The number of nitrogens with zero attached hydrogens (tertiary/aromatic N) is 1. The van der Waals surface area contributed by atoms with Crippen LogP contribution in [0.5, 0.6) is 5.75 Å². The maximum Gasteiger partial charge on any atom is 0.256 e. The summed E-state index contributed by atoms with van der Waals surface area (Å²) >= 11 is 5.57. The minimum Gasteiger partial charge on any atom is -0.496 e. The van der Waals surface area contributed by atoms with Gasteiger partial charge >= 0.3 is 0 Å². The van der Waals surface area contributed by atoms with Crippen LogP contribution in [0.4, 0.5) is 4.39 Å². The lowest BCUT2D eigenvalue weighted by Gasteiger charge is -2.26. The molecule has 8 nitrogen and oxygen atoms in total. The van der Waals surface area contributed by atoms with Crippen LogP contribution >= 0.6 is 12.2 Å². The van der Waals surface area contributed by atoms with Gasteiger partial charge in [0.2, 0.25) is 0 Å². The first-order valence-electron chi connectivity index (χ1n) is 11.4. The zero-order chi connectivity index (χ0) is 25.6. The number of carbonyl (C=O) groups is 1. The van der Waals surface area contributed by atoms with Crippen molar-refractivity contribution in [3.63, 3.8) is 0 Å². The number of thiocarbonyl (C=S) groups is 1. The molecule has 2 atom stereocenters. The van der Waals surface area contributed by atoms with Gasteiger partial charge in [-0.25, -0.2) is 4.39 Å². The topological polar surface area (TPSA) is 93.7 Å². The van der Waals surface area contributed by atoms with Crippen LogP contribution in [0.1, 0.15) is 32.8 Å². The molecular formula is C25H33FN4O4S. The molecule has 1 aromatic rings. The molecule has 1 aromatic heterocycles. The molecule has 2 unspecified atom stereocenters. The first-order chi connectivity index (χ1) is 16.7. The molecule has 0 saturated carbocycles. The average Bonchev–Trinajstić information content (AvgIpc) is 2.84. The number of aromatic nitrogens is 1. The number of rotatable bonds is 10. The second kappa shape index (κ2) is 11.6. The van der Waals surface area contributed by atoms with Crippen LogP contribution in [0.3, 0.4) is 0 Å². The average molecular weight is 505 g/mol. The van der Waals surface area contributed by atoms with E-state index in [0.717, 1.165) is 5.56 Å². The maximum atomic E-state index is 14.6. The van der Waals surface area contributed by atoms with Gasteiger partial charge < -0.3 is 30.2 Å². The summed E-state index contributed by atoms with van der Waals surface area (Å²) in [5.41, 5.74) is 1.83. The Morgan fingerprint density at radius 1 is 1.37 bits per heavy atom. The summed E-state index contributed by atoms with van der Waals surface area (Å²) in [7, 11) is 3.05. The van der Waals surface area contributed by atoms with E-state index in [1.54, 1.807) is 38.6 Å². The number of allylic oxidation sites excluding steroid dienone is 3. The van der Waals surface area contributed by atoms with Crippen molar-refractivity contribution in [3.8, 4) is 5.75 Å². The highest BCUT2D eigenvalue weighted by molar-refractivity contribution is 7.80. The van der Waals surface area contributed by atoms with Gasteiger partial charge in [-0.2, -0.15) is 0 Å². The van der Waals surface area contributed by atoms with E-state index in [9.17, 15) is 9.18 Å². The van der Waals surface area contributed by atoms with E-state index >= 15 is 0 Å². The van der Waals surface area contributed by atoms with Crippen LogP contribution in [-0.4, -0.2) is 55.0 Å². The number of amides is 1. The largest absolute Gasteiger partial charge is 0.496 e. The zero-order valence-corrected chi connectivity index (χ0v) is 21.6. The highest BCUT2D eigenvalue weighted by Crippen LogP contribution is 2.27. The third kappa shape index (κ3) is 6.58. The third-order valence-electron chi connectivity index (χ3n) is 5.92. The summed E-state index contributed by atoms with van der Waals surface area (Å²) < 4.78 is 31.2. The van der Waals surface area contributed by atoms with Crippen LogP contribution in [0.2, 0.25) is 0 Å². The van der Waals surface area contributed by atoms with Gasteiger partial charge in [0, 0.05) is 50.0 Å². The molecule has 1 amide bonds.